The molecule has 0 saturated carbocycles. The van der Waals surface area contributed by atoms with E-state index in [0.717, 1.165) is 78.3 Å². The lowest BCUT2D eigenvalue weighted by Crippen LogP contribution is -2.16. The fraction of sp³-hybridized carbons (Fsp3) is 0.0645. The Morgan fingerprint density at radius 2 is 0.588 bits per heavy atom. The normalized spacial score (nSPS) is 12.1. The molecule has 0 aliphatic rings. The largest absolute Gasteiger partial charge is 0.305 e. The van der Waals surface area contributed by atoms with E-state index >= 15 is 0 Å². The molecule has 0 unspecified atom stereocenters. The summed E-state index contributed by atoms with van der Waals surface area (Å²) >= 11 is 0. The van der Waals surface area contributed by atoms with Crippen molar-refractivity contribution in [1.82, 2.24) is 28.2 Å². The van der Waals surface area contributed by atoms with Crippen molar-refractivity contribution < 1.29 is 0 Å². The summed E-state index contributed by atoms with van der Waals surface area (Å²) in [6, 6.07) is 67.1. The van der Waals surface area contributed by atoms with E-state index in [4.69, 9.17) is 4.98 Å². The van der Waals surface area contributed by atoms with Gasteiger partial charge in [-0.25, -0.2) is 4.98 Å². The van der Waals surface area contributed by atoms with Crippen molar-refractivity contribution in [2.45, 2.75) is 27.7 Å². The second-order valence-corrected chi connectivity index (χ2v) is 18.6. The highest BCUT2D eigenvalue weighted by Gasteiger charge is 2.32. The number of rotatable bonds is 5. The summed E-state index contributed by atoms with van der Waals surface area (Å²) in [7, 11) is 0. The number of aryl methyl sites for hydroxylation is 4. The van der Waals surface area contributed by atoms with Crippen LogP contribution < -0.4 is 0 Å². The van der Waals surface area contributed by atoms with E-state index in [-0.39, 0.29) is 0 Å². The molecule has 0 fully saturated rings. The standard InChI is InChI=1S/C62H44N6/c1-37-21-25-54-46(33-37)47-34-38(2)22-26-55(47)66(54)60-58(41-29-31-63-32-30-41)59(65-50-17-9-5-13-42(50)43-14-6-10-18-51(43)65)62(68-56-27-23-39(3)35-48(56)49-36-40(4)24-28-57(49)68)64-61(60)67-52-19-11-7-15-44(52)45-16-8-12-20-53(45)67/h5-36H,1-4H3. The maximum atomic E-state index is 6.33. The lowest BCUT2D eigenvalue weighted by Gasteiger charge is -2.26. The molecule has 0 N–H and O–H groups in total. The Labute approximate surface area is 392 Å². The summed E-state index contributed by atoms with van der Waals surface area (Å²) in [5.74, 6) is 1.65. The minimum absolute atomic E-state index is 0.822. The topological polar surface area (TPSA) is 45.5 Å². The first kappa shape index (κ1) is 38.5. The number of pyridine rings is 2. The molecule has 0 aliphatic carbocycles. The smallest absolute Gasteiger partial charge is 0.165 e. The van der Waals surface area contributed by atoms with Crippen LogP contribution in [0, 0.1) is 27.7 Å². The Balaban J connectivity index is 1.33. The van der Waals surface area contributed by atoms with Crippen LogP contribution >= 0.6 is 0 Å². The number of fused-ring (bicyclic) bond motifs is 12. The Morgan fingerprint density at radius 1 is 0.294 bits per heavy atom. The summed E-state index contributed by atoms with van der Waals surface area (Å²) in [6.45, 7) is 8.75. The van der Waals surface area contributed by atoms with Crippen LogP contribution in [-0.4, -0.2) is 28.2 Å². The molecular weight excluding hydrogens is 829 g/mol. The number of benzene rings is 8. The Hall–Kier alpha value is -8.74. The minimum Gasteiger partial charge on any atom is -0.305 e. The predicted octanol–water partition coefficient (Wildman–Crippen LogP) is 15.8. The van der Waals surface area contributed by atoms with E-state index in [0.29, 0.717) is 0 Å². The van der Waals surface area contributed by atoms with Gasteiger partial charge in [0.2, 0.25) is 0 Å². The first-order chi connectivity index (χ1) is 33.4. The third kappa shape index (κ3) is 5.40. The van der Waals surface area contributed by atoms with Gasteiger partial charge in [-0.05, 0) is 118 Å². The van der Waals surface area contributed by atoms with Gasteiger partial charge in [0.25, 0.3) is 0 Å². The SMILES string of the molecule is Cc1ccc2c(c1)c1cc(C)ccc1n2-c1nc(-n2c3ccccc3c3ccccc32)c(-n2c3ccc(C)cc3c3cc(C)ccc32)c(-c2ccncc2)c1-n1c2ccccc2c2ccccc21. The fourth-order valence-electron chi connectivity index (χ4n) is 11.4. The number of aromatic nitrogens is 6. The Bertz CT molecular complexity index is 4200. The first-order valence-corrected chi connectivity index (χ1v) is 23.4. The fourth-order valence-corrected chi connectivity index (χ4v) is 11.4. The summed E-state index contributed by atoms with van der Waals surface area (Å²) in [4.78, 5) is 11.0. The zero-order valence-corrected chi connectivity index (χ0v) is 38.2. The highest BCUT2D eigenvalue weighted by molar-refractivity contribution is 6.16. The minimum atomic E-state index is 0.822. The van der Waals surface area contributed by atoms with Gasteiger partial charge in [-0.2, -0.15) is 0 Å². The number of nitrogens with zero attached hydrogens (tertiary/aromatic N) is 6. The molecule has 6 heteroatoms. The second kappa shape index (κ2) is 14.4. The maximum Gasteiger partial charge on any atom is 0.165 e. The van der Waals surface area contributed by atoms with Crippen LogP contribution in [0.2, 0.25) is 0 Å². The molecule has 0 amide bonds. The summed E-state index contributed by atoms with van der Waals surface area (Å²) in [5.41, 5.74) is 17.6. The molecule has 6 heterocycles. The summed E-state index contributed by atoms with van der Waals surface area (Å²) < 4.78 is 9.86. The van der Waals surface area contributed by atoms with Gasteiger partial charge in [0.05, 0.1) is 44.1 Å². The van der Waals surface area contributed by atoms with Gasteiger partial charge in [0.15, 0.2) is 11.6 Å². The average molecular weight is 873 g/mol. The molecule has 68 heavy (non-hydrogen) atoms. The monoisotopic (exact) mass is 872 g/mol. The van der Waals surface area contributed by atoms with Gasteiger partial charge in [0, 0.05) is 61.0 Å². The molecule has 6 aromatic heterocycles. The van der Waals surface area contributed by atoms with E-state index < -0.39 is 0 Å². The van der Waals surface area contributed by atoms with Crippen molar-refractivity contribution >= 4 is 87.2 Å². The molecule has 8 aromatic carbocycles. The number of hydrogen-bond donors (Lipinski definition) is 0. The van der Waals surface area contributed by atoms with Gasteiger partial charge >= 0.3 is 0 Å². The predicted molar refractivity (Wildman–Crippen MR) is 284 cm³/mol. The molecule has 6 nitrogen and oxygen atoms in total. The van der Waals surface area contributed by atoms with Gasteiger partial charge in [-0.15, -0.1) is 0 Å². The molecule has 0 atom stereocenters. The van der Waals surface area contributed by atoms with Crippen LogP contribution in [0.1, 0.15) is 22.3 Å². The highest BCUT2D eigenvalue weighted by Crippen LogP contribution is 2.49. The number of para-hydroxylation sites is 4. The van der Waals surface area contributed by atoms with Crippen molar-refractivity contribution in [3.8, 4) is 34.1 Å². The first-order valence-electron chi connectivity index (χ1n) is 23.4. The van der Waals surface area contributed by atoms with Crippen molar-refractivity contribution in [3.05, 3.63) is 217 Å². The van der Waals surface area contributed by atoms with Gasteiger partial charge in [-0.3, -0.25) is 14.1 Å². The molecular formula is C62H44N6. The van der Waals surface area contributed by atoms with Gasteiger partial charge in [0.1, 0.15) is 11.4 Å². The molecule has 0 bridgehead atoms. The van der Waals surface area contributed by atoms with Gasteiger partial charge in [-0.1, -0.05) is 119 Å². The van der Waals surface area contributed by atoms with Crippen LogP contribution in [0.3, 0.4) is 0 Å². The number of hydrogen-bond acceptors (Lipinski definition) is 2. The van der Waals surface area contributed by atoms with E-state index in [2.05, 4.69) is 233 Å². The Morgan fingerprint density at radius 3 is 0.941 bits per heavy atom. The highest BCUT2D eigenvalue weighted by atomic mass is 15.2. The molecule has 0 spiro atoms. The van der Waals surface area contributed by atoms with Gasteiger partial charge < -0.3 is 9.13 Å². The maximum absolute atomic E-state index is 6.33. The molecule has 14 aromatic rings. The van der Waals surface area contributed by atoms with Crippen molar-refractivity contribution in [3.63, 3.8) is 0 Å². The third-order valence-electron chi connectivity index (χ3n) is 14.3. The lowest BCUT2D eigenvalue weighted by molar-refractivity contribution is 0.960. The van der Waals surface area contributed by atoms with Crippen LogP contribution in [0.4, 0.5) is 0 Å². The third-order valence-corrected chi connectivity index (χ3v) is 14.3. The van der Waals surface area contributed by atoms with E-state index in [1.807, 2.05) is 12.4 Å². The second-order valence-electron chi connectivity index (χ2n) is 18.6. The average Bonchev–Trinajstić information content (AvgIpc) is 4.08. The van der Waals surface area contributed by atoms with E-state index in [1.54, 1.807) is 0 Å². The zero-order valence-electron chi connectivity index (χ0n) is 38.2. The summed E-state index contributed by atoms with van der Waals surface area (Å²) in [6.07, 6.45) is 3.86. The van der Waals surface area contributed by atoms with E-state index in [9.17, 15) is 0 Å². The van der Waals surface area contributed by atoms with Crippen LogP contribution in [0.5, 0.6) is 0 Å². The van der Waals surface area contributed by atoms with Crippen LogP contribution in [0.25, 0.3) is 121 Å². The van der Waals surface area contributed by atoms with Crippen LogP contribution in [0.15, 0.2) is 194 Å². The molecule has 0 aliphatic heterocycles. The molecule has 14 rings (SSSR count). The lowest BCUT2D eigenvalue weighted by atomic mass is 10.0. The van der Waals surface area contributed by atoms with Crippen LogP contribution in [-0.2, 0) is 0 Å². The van der Waals surface area contributed by atoms with Crippen molar-refractivity contribution in [2.75, 3.05) is 0 Å². The van der Waals surface area contributed by atoms with E-state index in [1.165, 1.54) is 65.3 Å². The summed E-state index contributed by atoms with van der Waals surface area (Å²) in [5, 5.41) is 9.50. The quantitative estimate of drug-likeness (QED) is 0.173. The Kier molecular flexibility index (Phi) is 8.15. The molecule has 0 saturated heterocycles. The molecule has 0 radical (unpaired) electrons. The molecule has 322 valence electrons. The zero-order chi connectivity index (χ0) is 45.4. The van der Waals surface area contributed by atoms with Crippen molar-refractivity contribution in [2.24, 2.45) is 0 Å². The van der Waals surface area contributed by atoms with Crippen molar-refractivity contribution in [1.29, 1.82) is 0 Å².